The third-order valence-corrected chi connectivity index (χ3v) is 3.31. The van der Waals surface area contributed by atoms with Crippen molar-refractivity contribution in [1.29, 1.82) is 0 Å². The molecular weight excluding hydrogens is 262 g/mol. The summed E-state index contributed by atoms with van der Waals surface area (Å²) < 4.78 is 0. The van der Waals surface area contributed by atoms with E-state index in [-0.39, 0.29) is 42.0 Å². The van der Waals surface area contributed by atoms with Gasteiger partial charge in [0.2, 0.25) is 0 Å². The number of carbonyl (C=O) groups is 1. The first kappa shape index (κ1) is 14.3. The molecular formula is C13H17N3O4. The van der Waals surface area contributed by atoms with Gasteiger partial charge in [0, 0.05) is 25.7 Å². The van der Waals surface area contributed by atoms with E-state index in [0.29, 0.717) is 0 Å². The van der Waals surface area contributed by atoms with Crippen molar-refractivity contribution in [2.75, 3.05) is 25.5 Å². The molecule has 0 aromatic heterocycles. The molecule has 1 aromatic rings. The zero-order chi connectivity index (χ0) is 14.7. The Kier molecular flexibility index (Phi) is 4.19. The molecule has 0 radical (unpaired) electrons. The number of para-hydroxylation sites is 1. The van der Waals surface area contributed by atoms with E-state index in [1.807, 2.05) is 0 Å². The molecule has 0 spiro atoms. The maximum atomic E-state index is 12.5. The Balaban J connectivity index is 2.37. The van der Waals surface area contributed by atoms with Gasteiger partial charge in [-0.1, -0.05) is 6.07 Å². The number of amides is 1. The van der Waals surface area contributed by atoms with E-state index in [0.717, 1.165) is 12.8 Å². The summed E-state index contributed by atoms with van der Waals surface area (Å²) in [4.78, 5) is 24.6. The van der Waals surface area contributed by atoms with Crippen LogP contribution in [0.1, 0.15) is 23.2 Å². The van der Waals surface area contributed by atoms with Crippen LogP contribution in [0.4, 0.5) is 11.4 Å². The van der Waals surface area contributed by atoms with Crippen molar-refractivity contribution in [1.82, 2.24) is 4.90 Å². The number of rotatable bonds is 6. The fourth-order valence-corrected chi connectivity index (χ4v) is 2.23. The van der Waals surface area contributed by atoms with Gasteiger partial charge in [0.05, 0.1) is 17.1 Å². The van der Waals surface area contributed by atoms with Gasteiger partial charge < -0.3 is 15.3 Å². The van der Waals surface area contributed by atoms with Crippen LogP contribution in [-0.2, 0) is 0 Å². The normalized spacial score (nSPS) is 13.9. The van der Waals surface area contributed by atoms with E-state index >= 15 is 0 Å². The fourth-order valence-electron chi connectivity index (χ4n) is 2.23. The summed E-state index contributed by atoms with van der Waals surface area (Å²) in [6, 6.07) is 4.55. The Hall–Kier alpha value is -2.15. The summed E-state index contributed by atoms with van der Waals surface area (Å²) in [7, 11) is 1.55. The maximum absolute atomic E-state index is 12.5. The lowest BCUT2D eigenvalue weighted by Gasteiger charge is -2.22. The minimum absolute atomic E-state index is 0.119. The second-order valence-corrected chi connectivity index (χ2v) is 4.66. The molecule has 7 heteroatoms. The molecule has 0 unspecified atom stereocenters. The Bertz CT molecular complexity index is 528. The van der Waals surface area contributed by atoms with Gasteiger partial charge in [-0.25, -0.2) is 0 Å². The number of nitro benzene ring substituents is 1. The number of aliphatic hydroxyl groups is 1. The first-order valence-corrected chi connectivity index (χ1v) is 6.47. The Morgan fingerprint density at radius 3 is 2.75 bits per heavy atom. The summed E-state index contributed by atoms with van der Waals surface area (Å²) in [5.41, 5.74) is 0.353. The van der Waals surface area contributed by atoms with Crippen LogP contribution >= 0.6 is 0 Å². The third kappa shape index (κ3) is 2.72. The Morgan fingerprint density at radius 2 is 2.25 bits per heavy atom. The van der Waals surface area contributed by atoms with Gasteiger partial charge in [0.25, 0.3) is 11.6 Å². The fraction of sp³-hybridized carbons (Fsp3) is 0.462. The van der Waals surface area contributed by atoms with Gasteiger partial charge in [-0.3, -0.25) is 14.9 Å². The molecule has 1 aromatic carbocycles. The molecule has 0 heterocycles. The van der Waals surface area contributed by atoms with Crippen LogP contribution in [0.2, 0.25) is 0 Å². The first-order chi connectivity index (χ1) is 9.60. The number of hydrogen-bond acceptors (Lipinski definition) is 5. The molecule has 1 aliphatic rings. The minimum atomic E-state index is -0.518. The van der Waals surface area contributed by atoms with Crippen molar-refractivity contribution in [3.05, 3.63) is 33.9 Å². The van der Waals surface area contributed by atoms with Crippen molar-refractivity contribution in [2.24, 2.45) is 0 Å². The molecule has 0 aliphatic heterocycles. The van der Waals surface area contributed by atoms with Gasteiger partial charge in [-0.15, -0.1) is 0 Å². The average Bonchev–Trinajstić information content (AvgIpc) is 3.27. The SMILES string of the molecule is CNc1c(C(=O)N(CCO)C2CC2)cccc1[N+](=O)[O-]. The van der Waals surface area contributed by atoms with Crippen LogP contribution in [0.15, 0.2) is 18.2 Å². The summed E-state index contributed by atoms with van der Waals surface area (Å²) in [6.07, 6.45) is 1.82. The molecule has 20 heavy (non-hydrogen) atoms. The second kappa shape index (κ2) is 5.87. The molecule has 7 nitrogen and oxygen atoms in total. The maximum Gasteiger partial charge on any atom is 0.293 e. The van der Waals surface area contributed by atoms with Crippen molar-refractivity contribution in [2.45, 2.75) is 18.9 Å². The van der Waals surface area contributed by atoms with Crippen molar-refractivity contribution < 1.29 is 14.8 Å². The minimum Gasteiger partial charge on any atom is -0.395 e. The van der Waals surface area contributed by atoms with Gasteiger partial charge in [-0.05, 0) is 18.9 Å². The quantitative estimate of drug-likeness (QED) is 0.603. The number of nitrogens with zero attached hydrogens (tertiary/aromatic N) is 2. The van der Waals surface area contributed by atoms with Crippen LogP contribution in [-0.4, -0.2) is 47.1 Å². The zero-order valence-electron chi connectivity index (χ0n) is 11.2. The predicted molar refractivity (Wildman–Crippen MR) is 73.8 cm³/mol. The van der Waals surface area contributed by atoms with Crippen LogP contribution in [0.25, 0.3) is 0 Å². The summed E-state index contributed by atoms with van der Waals surface area (Å²) in [6.45, 7) is 0.126. The largest absolute Gasteiger partial charge is 0.395 e. The van der Waals surface area contributed by atoms with Crippen molar-refractivity contribution in [3.8, 4) is 0 Å². The Morgan fingerprint density at radius 1 is 1.55 bits per heavy atom. The molecule has 1 fully saturated rings. The van der Waals surface area contributed by atoms with E-state index in [1.54, 1.807) is 18.0 Å². The first-order valence-electron chi connectivity index (χ1n) is 6.47. The lowest BCUT2D eigenvalue weighted by Crippen LogP contribution is -2.35. The van der Waals surface area contributed by atoms with Gasteiger partial charge >= 0.3 is 0 Å². The van der Waals surface area contributed by atoms with Crippen LogP contribution in [0.5, 0.6) is 0 Å². The predicted octanol–water partition coefficient (Wildman–Crippen LogP) is 1.23. The number of hydrogen-bond donors (Lipinski definition) is 2. The smallest absolute Gasteiger partial charge is 0.293 e. The van der Waals surface area contributed by atoms with E-state index in [4.69, 9.17) is 5.11 Å². The average molecular weight is 279 g/mol. The molecule has 0 saturated heterocycles. The molecule has 2 N–H and O–H groups in total. The lowest BCUT2D eigenvalue weighted by atomic mass is 10.1. The van der Waals surface area contributed by atoms with Gasteiger partial charge in [0.1, 0.15) is 5.69 Å². The molecule has 1 saturated carbocycles. The van der Waals surface area contributed by atoms with Crippen LogP contribution in [0, 0.1) is 10.1 Å². The van der Waals surface area contributed by atoms with E-state index < -0.39 is 4.92 Å². The number of aliphatic hydroxyl groups excluding tert-OH is 1. The van der Waals surface area contributed by atoms with Gasteiger partial charge in [0.15, 0.2) is 0 Å². The summed E-state index contributed by atoms with van der Waals surface area (Å²) in [5, 5.41) is 22.8. The molecule has 1 aliphatic carbocycles. The van der Waals surface area contributed by atoms with E-state index in [2.05, 4.69) is 5.32 Å². The number of benzene rings is 1. The molecule has 108 valence electrons. The highest BCUT2D eigenvalue weighted by atomic mass is 16.6. The topological polar surface area (TPSA) is 95.7 Å². The Labute approximate surface area is 116 Å². The number of carbonyl (C=O) groups excluding carboxylic acids is 1. The van der Waals surface area contributed by atoms with Gasteiger partial charge in [-0.2, -0.15) is 0 Å². The molecule has 1 amide bonds. The van der Waals surface area contributed by atoms with Crippen molar-refractivity contribution in [3.63, 3.8) is 0 Å². The summed E-state index contributed by atoms with van der Waals surface area (Å²) in [5.74, 6) is -0.283. The lowest BCUT2D eigenvalue weighted by molar-refractivity contribution is -0.384. The van der Waals surface area contributed by atoms with Crippen LogP contribution in [0.3, 0.4) is 0 Å². The highest BCUT2D eigenvalue weighted by molar-refractivity contribution is 6.01. The van der Waals surface area contributed by atoms with Crippen LogP contribution < -0.4 is 5.32 Å². The monoisotopic (exact) mass is 279 g/mol. The second-order valence-electron chi connectivity index (χ2n) is 4.66. The number of nitro groups is 1. The molecule has 0 bridgehead atoms. The number of nitrogens with one attached hydrogen (secondary N) is 1. The van der Waals surface area contributed by atoms with Crippen molar-refractivity contribution >= 4 is 17.3 Å². The number of anilines is 1. The third-order valence-electron chi connectivity index (χ3n) is 3.31. The highest BCUT2D eigenvalue weighted by Crippen LogP contribution is 2.32. The highest BCUT2D eigenvalue weighted by Gasteiger charge is 2.34. The molecule has 2 rings (SSSR count). The zero-order valence-corrected chi connectivity index (χ0v) is 11.2. The van der Waals surface area contributed by atoms with E-state index in [9.17, 15) is 14.9 Å². The summed E-state index contributed by atoms with van der Waals surface area (Å²) >= 11 is 0. The van der Waals surface area contributed by atoms with E-state index in [1.165, 1.54) is 12.1 Å². The molecule has 0 atom stereocenters. The standard InChI is InChI=1S/C13H17N3O4/c1-14-12-10(3-2-4-11(12)16(19)20)13(18)15(7-8-17)9-5-6-9/h2-4,9,14,17H,5-8H2,1H3.